The number of carbonyl (C=O) groups is 1. The number of amides is 1. The van der Waals surface area contributed by atoms with Crippen molar-refractivity contribution >= 4 is 55.0 Å². The van der Waals surface area contributed by atoms with Crippen LogP contribution in [-0.2, 0) is 14.8 Å². The second kappa shape index (κ2) is 12.8. The lowest BCUT2D eigenvalue weighted by atomic mass is 10.2. The van der Waals surface area contributed by atoms with Crippen LogP contribution in [-0.4, -0.2) is 80.0 Å². The highest BCUT2D eigenvalue weighted by molar-refractivity contribution is 7.89. The molecule has 208 valence electrons. The van der Waals surface area contributed by atoms with Gasteiger partial charge >= 0.3 is 0 Å². The van der Waals surface area contributed by atoms with E-state index >= 15 is 0 Å². The first kappa shape index (κ1) is 30.5. The molecule has 0 radical (unpaired) electrons. The summed E-state index contributed by atoms with van der Waals surface area (Å²) < 4.78 is 34.7. The molecule has 2 unspecified atom stereocenters. The Bertz CT molecular complexity index is 1330. The number of sulfonamides is 1. The van der Waals surface area contributed by atoms with E-state index in [9.17, 15) is 13.2 Å². The Morgan fingerprint density at radius 1 is 1.05 bits per heavy atom. The van der Waals surface area contributed by atoms with Gasteiger partial charge in [-0.05, 0) is 75.8 Å². The normalized spacial score (nSPS) is 18.5. The van der Waals surface area contributed by atoms with E-state index in [2.05, 4.69) is 24.8 Å². The third-order valence-corrected chi connectivity index (χ3v) is 9.56. The average molecular weight is 581 g/mol. The van der Waals surface area contributed by atoms with Gasteiger partial charge in [-0.15, -0.1) is 12.4 Å². The molecule has 4 rings (SSSR count). The minimum absolute atomic E-state index is 0. The Morgan fingerprint density at radius 2 is 1.68 bits per heavy atom. The van der Waals surface area contributed by atoms with Gasteiger partial charge in [0, 0.05) is 31.7 Å². The Labute approximate surface area is 236 Å². The van der Waals surface area contributed by atoms with Crippen molar-refractivity contribution < 1.29 is 17.9 Å². The first-order chi connectivity index (χ1) is 17.6. The summed E-state index contributed by atoms with van der Waals surface area (Å²) in [6, 6.07) is 12.3. The molecule has 2 heterocycles. The predicted molar refractivity (Wildman–Crippen MR) is 156 cm³/mol. The van der Waals surface area contributed by atoms with Crippen LogP contribution in [0.4, 0.5) is 5.13 Å². The van der Waals surface area contributed by atoms with Gasteiger partial charge in [0.2, 0.25) is 10.0 Å². The van der Waals surface area contributed by atoms with Crippen LogP contribution in [0.25, 0.3) is 10.2 Å². The van der Waals surface area contributed by atoms with Gasteiger partial charge < -0.3 is 9.64 Å². The molecule has 2 aromatic carbocycles. The van der Waals surface area contributed by atoms with Crippen molar-refractivity contribution in [1.29, 1.82) is 0 Å². The fraction of sp³-hybridized carbons (Fsp3) is 0.481. The average Bonchev–Trinajstić information content (AvgIpc) is 3.28. The van der Waals surface area contributed by atoms with Crippen LogP contribution >= 0.6 is 23.7 Å². The Hall–Kier alpha value is -2.08. The number of hydrogen-bond acceptors (Lipinski definition) is 7. The molecule has 3 aromatic rings. The molecule has 1 aliphatic rings. The van der Waals surface area contributed by atoms with Gasteiger partial charge in [0.25, 0.3) is 5.91 Å². The van der Waals surface area contributed by atoms with Crippen molar-refractivity contribution in [1.82, 2.24) is 14.2 Å². The molecular weight excluding hydrogens is 544 g/mol. The molecule has 0 spiro atoms. The molecular formula is C27H37ClN4O4S2. The molecule has 1 fully saturated rings. The lowest BCUT2D eigenvalue weighted by molar-refractivity contribution is -0.0440. The number of aromatic nitrogens is 1. The highest BCUT2D eigenvalue weighted by Crippen LogP contribution is 2.31. The summed E-state index contributed by atoms with van der Waals surface area (Å²) in [6.45, 7) is 13.6. The summed E-state index contributed by atoms with van der Waals surface area (Å²) in [5.74, 6) is -0.194. The SMILES string of the molecule is CCN(CC)CCN(C(=O)c1ccc(S(=O)(=O)N2CC(C)OC(C)C2)cc1)c1nc2ccc(C)cc2s1.Cl. The number of hydrogen-bond donors (Lipinski definition) is 0. The minimum atomic E-state index is -3.68. The second-order valence-corrected chi connectivity index (χ2v) is 12.5. The van der Waals surface area contributed by atoms with Gasteiger partial charge in [-0.25, -0.2) is 13.4 Å². The van der Waals surface area contributed by atoms with Gasteiger partial charge in [0.05, 0.1) is 27.3 Å². The van der Waals surface area contributed by atoms with Gasteiger partial charge in [0.1, 0.15) is 0 Å². The zero-order valence-electron chi connectivity index (χ0n) is 22.6. The third-order valence-electron chi connectivity index (χ3n) is 6.67. The molecule has 38 heavy (non-hydrogen) atoms. The van der Waals surface area contributed by atoms with E-state index in [1.54, 1.807) is 17.0 Å². The number of aryl methyl sites for hydroxylation is 1. The lowest BCUT2D eigenvalue weighted by Crippen LogP contribution is -2.48. The highest BCUT2D eigenvalue weighted by Gasteiger charge is 2.32. The van der Waals surface area contributed by atoms with Gasteiger partial charge in [-0.3, -0.25) is 9.69 Å². The predicted octanol–water partition coefficient (Wildman–Crippen LogP) is 4.81. The fourth-order valence-corrected chi connectivity index (χ4v) is 7.28. The van der Waals surface area contributed by atoms with E-state index in [4.69, 9.17) is 9.72 Å². The van der Waals surface area contributed by atoms with Crippen LogP contribution in [0.15, 0.2) is 47.4 Å². The number of likely N-dealkylation sites (N-methyl/N-ethyl adjacent to an activating group) is 1. The molecule has 1 aromatic heterocycles. The number of fused-ring (bicyclic) bond motifs is 1. The molecule has 1 saturated heterocycles. The van der Waals surface area contributed by atoms with E-state index in [-0.39, 0.29) is 35.4 Å². The van der Waals surface area contributed by atoms with E-state index < -0.39 is 10.0 Å². The van der Waals surface area contributed by atoms with Crippen LogP contribution < -0.4 is 4.90 Å². The quantitative estimate of drug-likeness (QED) is 0.361. The number of benzene rings is 2. The minimum Gasteiger partial charge on any atom is -0.373 e. The first-order valence-electron chi connectivity index (χ1n) is 12.8. The first-order valence-corrected chi connectivity index (χ1v) is 15.0. The maximum Gasteiger partial charge on any atom is 0.260 e. The summed E-state index contributed by atoms with van der Waals surface area (Å²) >= 11 is 1.50. The van der Waals surface area contributed by atoms with Crippen molar-refractivity contribution in [2.24, 2.45) is 0 Å². The lowest BCUT2D eigenvalue weighted by Gasteiger charge is -2.34. The maximum atomic E-state index is 13.7. The molecule has 0 N–H and O–H groups in total. The van der Waals surface area contributed by atoms with E-state index in [1.807, 2.05) is 32.9 Å². The molecule has 8 nitrogen and oxygen atoms in total. The number of ether oxygens (including phenoxy) is 1. The van der Waals surface area contributed by atoms with Crippen molar-refractivity contribution in [2.75, 3.05) is 44.2 Å². The smallest absolute Gasteiger partial charge is 0.260 e. The number of anilines is 1. The monoisotopic (exact) mass is 580 g/mol. The fourth-order valence-electron chi connectivity index (χ4n) is 4.60. The molecule has 1 amide bonds. The summed E-state index contributed by atoms with van der Waals surface area (Å²) in [5, 5.41) is 0.644. The molecule has 0 saturated carbocycles. The van der Waals surface area contributed by atoms with Crippen LogP contribution in [0, 0.1) is 6.92 Å². The molecule has 0 aliphatic carbocycles. The zero-order chi connectivity index (χ0) is 26.7. The van der Waals surface area contributed by atoms with Crippen LogP contribution in [0.5, 0.6) is 0 Å². The van der Waals surface area contributed by atoms with Crippen molar-refractivity contribution in [3.63, 3.8) is 0 Å². The van der Waals surface area contributed by atoms with Gasteiger partial charge in [-0.2, -0.15) is 4.31 Å². The number of rotatable bonds is 9. The van der Waals surface area contributed by atoms with Gasteiger partial charge in [0.15, 0.2) is 5.13 Å². The third kappa shape index (κ3) is 6.73. The van der Waals surface area contributed by atoms with Crippen molar-refractivity contribution in [3.05, 3.63) is 53.6 Å². The summed E-state index contributed by atoms with van der Waals surface area (Å²) in [7, 11) is -3.68. The molecule has 11 heteroatoms. The topological polar surface area (TPSA) is 83.1 Å². The zero-order valence-corrected chi connectivity index (χ0v) is 25.0. The number of morpholine rings is 1. The summed E-state index contributed by atoms with van der Waals surface area (Å²) in [5.41, 5.74) is 2.43. The maximum absolute atomic E-state index is 13.7. The largest absolute Gasteiger partial charge is 0.373 e. The molecule has 0 bridgehead atoms. The van der Waals surface area contributed by atoms with E-state index in [1.165, 1.54) is 27.8 Å². The Morgan fingerprint density at radius 3 is 2.29 bits per heavy atom. The molecule has 2 atom stereocenters. The highest BCUT2D eigenvalue weighted by atomic mass is 35.5. The summed E-state index contributed by atoms with van der Waals surface area (Å²) in [4.78, 5) is 22.6. The Kier molecular flexibility index (Phi) is 10.3. The van der Waals surface area contributed by atoms with Crippen LogP contribution in [0.1, 0.15) is 43.6 Å². The number of nitrogens with zero attached hydrogens (tertiary/aromatic N) is 4. The van der Waals surface area contributed by atoms with E-state index in [0.29, 0.717) is 36.9 Å². The second-order valence-electron chi connectivity index (χ2n) is 9.56. The number of thiazole rings is 1. The van der Waals surface area contributed by atoms with Crippen molar-refractivity contribution in [3.8, 4) is 0 Å². The van der Waals surface area contributed by atoms with Crippen LogP contribution in [0.3, 0.4) is 0 Å². The van der Waals surface area contributed by atoms with E-state index in [0.717, 1.165) is 28.9 Å². The Balaban J connectivity index is 0.00000400. The number of carbonyl (C=O) groups excluding carboxylic acids is 1. The van der Waals surface area contributed by atoms with Crippen molar-refractivity contribution in [2.45, 2.75) is 51.7 Å². The van der Waals surface area contributed by atoms with Crippen LogP contribution in [0.2, 0.25) is 0 Å². The van der Waals surface area contributed by atoms with Gasteiger partial charge in [-0.1, -0.05) is 31.3 Å². The molecule has 1 aliphatic heterocycles. The standard InChI is InChI=1S/C27H36N4O4S2.ClH/c1-6-29(7-2)14-15-31(27-28-24-13-8-19(3)16-25(24)36-27)26(32)22-9-11-23(12-10-22)37(33,34)30-17-20(4)35-21(5)18-30;/h8-13,16,20-21H,6-7,14-15,17-18H2,1-5H3;1H. The number of halogens is 1. The summed E-state index contributed by atoms with van der Waals surface area (Å²) in [6.07, 6.45) is -0.340.